The maximum Gasteiger partial charge on any atom is 0.263 e. The topological polar surface area (TPSA) is 77.2 Å². The number of aryl methyl sites for hydroxylation is 2. The molecule has 2 aliphatic rings. The van der Waals surface area contributed by atoms with E-state index < -0.39 is 0 Å². The van der Waals surface area contributed by atoms with E-state index in [0.29, 0.717) is 10.8 Å². The molecule has 5 nitrogen and oxygen atoms in total. The third-order valence-electron chi connectivity index (χ3n) is 4.08. The monoisotopic (exact) mass is 281 g/mol. The number of ether oxygens (including phenoxy) is 1. The molecular weight excluding hydrogens is 262 g/mol. The van der Waals surface area contributed by atoms with Crippen molar-refractivity contribution in [1.29, 1.82) is 0 Å². The molecule has 3 rings (SSSR count). The summed E-state index contributed by atoms with van der Waals surface area (Å²) in [5.74, 6) is 0.333. The first kappa shape index (κ1) is 13.0. The molecule has 1 aliphatic heterocycles. The molecule has 2 heterocycles. The van der Waals surface area contributed by atoms with Gasteiger partial charge in [0, 0.05) is 18.6 Å². The van der Waals surface area contributed by atoms with Gasteiger partial charge in [-0.05, 0) is 26.7 Å². The summed E-state index contributed by atoms with van der Waals surface area (Å²) in [4.78, 5) is 17.2. The third kappa shape index (κ3) is 2.17. The summed E-state index contributed by atoms with van der Waals surface area (Å²) >= 11 is 1.42. The van der Waals surface area contributed by atoms with Crippen molar-refractivity contribution >= 4 is 17.2 Å². The zero-order valence-electron chi connectivity index (χ0n) is 11.2. The van der Waals surface area contributed by atoms with Crippen LogP contribution in [-0.2, 0) is 4.74 Å². The smallest absolute Gasteiger partial charge is 0.263 e. The predicted molar refractivity (Wildman–Crippen MR) is 73.3 cm³/mol. The Hall–Kier alpha value is -0.980. The largest absolute Gasteiger partial charge is 0.376 e. The van der Waals surface area contributed by atoms with Crippen molar-refractivity contribution in [2.45, 2.75) is 44.9 Å². The molecule has 4 atom stereocenters. The second-order valence-electron chi connectivity index (χ2n) is 5.37. The summed E-state index contributed by atoms with van der Waals surface area (Å²) in [7, 11) is 0. The molecule has 1 aromatic rings. The highest BCUT2D eigenvalue weighted by molar-refractivity contribution is 7.13. The van der Waals surface area contributed by atoms with E-state index in [-0.39, 0.29) is 24.1 Å². The van der Waals surface area contributed by atoms with E-state index in [4.69, 9.17) is 10.5 Å². The minimum absolute atomic E-state index is 0.0172. The van der Waals surface area contributed by atoms with E-state index in [2.05, 4.69) is 10.3 Å². The van der Waals surface area contributed by atoms with Crippen LogP contribution in [0.25, 0.3) is 0 Å². The molecule has 1 amide bonds. The number of carbonyl (C=O) groups is 1. The van der Waals surface area contributed by atoms with Crippen molar-refractivity contribution in [1.82, 2.24) is 10.3 Å². The highest BCUT2D eigenvalue weighted by Crippen LogP contribution is 2.37. The summed E-state index contributed by atoms with van der Waals surface area (Å²) < 4.78 is 5.73. The number of hydrogen-bond donors (Lipinski definition) is 2. The van der Waals surface area contributed by atoms with Gasteiger partial charge >= 0.3 is 0 Å². The Labute approximate surface area is 116 Å². The number of fused-ring (bicyclic) bond motifs is 1. The van der Waals surface area contributed by atoms with Crippen LogP contribution in [0.15, 0.2) is 0 Å². The normalized spacial score (nSPS) is 33.4. The minimum Gasteiger partial charge on any atom is -0.376 e. The van der Waals surface area contributed by atoms with E-state index in [1.807, 2.05) is 13.8 Å². The second kappa shape index (κ2) is 4.85. The van der Waals surface area contributed by atoms with Gasteiger partial charge < -0.3 is 15.8 Å². The molecule has 2 fully saturated rings. The molecular formula is C13H19N3O2S. The van der Waals surface area contributed by atoms with Gasteiger partial charge in [-0.3, -0.25) is 4.79 Å². The number of carbonyl (C=O) groups excluding carboxylic acids is 1. The van der Waals surface area contributed by atoms with E-state index >= 15 is 0 Å². The summed E-state index contributed by atoms with van der Waals surface area (Å²) in [5.41, 5.74) is 6.93. The van der Waals surface area contributed by atoms with Crippen LogP contribution < -0.4 is 11.1 Å². The fourth-order valence-corrected chi connectivity index (χ4v) is 3.91. The number of aromatic nitrogens is 1. The van der Waals surface area contributed by atoms with Crippen molar-refractivity contribution in [2.24, 2.45) is 11.7 Å². The molecule has 1 aliphatic carbocycles. The van der Waals surface area contributed by atoms with Crippen molar-refractivity contribution < 1.29 is 9.53 Å². The van der Waals surface area contributed by atoms with E-state index in [1.165, 1.54) is 11.3 Å². The number of nitrogens with two attached hydrogens (primary N) is 1. The first-order valence-electron chi connectivity index (χ1n) is 6.70. The molecule has 0 bridgehead atoms. The van der Waals surface area contributed by atoms with Gasteiger partial charge in [0.15, 0.2) is 0 Å². The van der Waals surface area contributed by atoms with Gasteiger partial charge in [-0.15, -0.1) is 11.3 Å². The number of amides is 1. The molecule has 1 saturated heterocycles. The fourth-order valence-electron chi connectivity index (χ4n) is 3.08. The van der Waals surface area contributed by atoms with Crippen LogP contribution >= 0.6 is 11.3 Å². The Balaban J connectivity index is 1.68. The van der Waals surface area contributed by atoms with Crippen LogP contribution in [0, 0.1) is 19.8 Å². The van der Waals surface area contributed by atoms with Crippen LogP contribution in [0.5, 0.6) is 0 Å². The van der Waals surface area contributed by atoms with Gasteiger partial charge in [0.25, 0.3) is 5.91 Å². The van der Waals surface area contributed by atoms with Crippen molar-refractivity contribution in [3.05, 3.63) is 15.6 Å². The highest BCUT2D eigenvalue weighted by atomic mass is 32.1. The van der Waals surface area contributed by atoms with Gasteiger partial charge in [0.2, 0.25) is 0 Å². The van der Waals surface area contributed by atoms with E-state index in [1.54, 1.807) is 0 Å². The number of nitrogens with zero attached hydrogens (tertiary/aromatic N) is 1. The summed E-state index contributed by atoms with van der Waals surface area (Å²) in [6.45, 7) is 4.54. The number of hydrogen-bond acceptors (Lipinski definition) is 5. The van der Waals surface area contributed by atoms with Gasteiger partial charge in [-0.25, -0.2) is 4.98 Å². The average molecular weight is 281 g/mol. The summed E-state index contributed by atoms with van der Waals surface area (Å²) in [5, 5.41) is 3.93. The fraction of sp³-hybridized carbons (Fsp3) is 0.692. The maximum atomic E-state index is 12.3. The quantitative estimate of drug-likeness (QED) is 0.847. The first-order chi connectivity index (χ1) is 9.08. The minimum atomic E-state index is -0.0730. The van der Waals surface area contributed by atoms with Crippen LogP contribution in [0.4, 0.5) is 0 Å². The average Bonchev–Trinajstić information content (AvgIpc) is 2.74. The molecule has 19 heavy (non-hydrogen) atoms. The predicted octanol–water partition coefficient (Wildman–Crippen LogP) is 0.994. The van der Waals surface area contributed by atoms with Gasteiger partial charge in [-0.2, -0.15) is 0 Å². The molecule has 1 saturated carbocycles. The van der Waals surface area contributed by atoms with E-state index in [0.717, 1.165) is 30.2 Å². The maximum absolute atomic E-state index is 12.3. The van der Waals surface area contributed by atoms with Crippen molar-refractivity contribution in [3.8, 4) is 0 Å². The first-order valence-corrected chi connectivity index (χ1v) is 7.51. The Morgan fingerprint density at radius 2 is 2.32 bits per heavy atom. The molecule has 4 unspecified atom stereocenters. The SMILES string of the molecule is Cc1nc(C)c(C(=O)NC2C(N)C3CCCOC32)s1. The van der Waals surface area contributed by atoms with Crippen LogP contribution in [0.3, 0.4) is 0 Å². The van der Waals surface area contributed by atoms with Crippen LogP contribution in [-0.4, -0.2) is 35.7 Å². The summed E-state index contributed by atoms with van der Waals surface area (Å²) in [6.07, 6.45) is 2.28. The van der Waals surface area contributed by atoms with Crippen molar-refractivity contribution in [2.75, 3.05) is 6.61 Å². The Bertz CT molecular complexity index is 502. The lowest BCUT2D eigenvalue weighted by molar-refractivity contribution is -0.117. The standard InChI is InChI=1S/C13H19N3O2S/c1-6-12(19-7(2)15-6)13(17)16-10-9(14)8-4-3-5-18-11(8)10/h8-11H,3-5,14H2,1-2H3,(H,16,17). The molecule has 0 radical (unpaired) electrons. The zero-order chi connectivity index (χ0) is 13.6. The van der Waals surface area contributed by atoms with Crippen LogP contribution in [0.2, 0.25) is 0 Å². The second-order valence-corrected chi connectivity index (χ2v) is 6.57. The summed E-state index contributed by atoms with van der Waals surface area (Å²) in [6, 6.07) is -0.0387. The lowest BCUT2D eigenvalue weighted by atomic mass is 9.68. The molecule has 104 valence electrons. The van der Waals surface area contributed by atoms with Gasteiger partial charge in [-0.1, -0.05) is 0 Å². The Morgan fingerprint density at radius 1 is 1.53 bits per heavy atom. The van der Waals surface area contributed by atoms with Crippen LogP contribution in [0.1, 0.15) is 33.2 Å². The zero-order valence-corrected chi connectivity index (χ0v) is 12.0. The molecule has 1 aromatic heterocycles. The van der Waals surface area contributed by atoms with Gasteiger partial charge in [0.05, 0.1) is 22.8 Å². The lowest BCUT2D eigenvalue weighted by Gasteiger charge is -2.52. The molecule has 6 heteroatoms. The molecule has 0 spiro atoms. The van der Waals surface area contributed by atoms with Crippen molar-refractivity contribution in [3.63, 3.8) is 0 Å². The third-order valence-corrected chi connectivity index (χ3v) is 5.16. The number of nitrogens with one attached hydrogen (secondary N) is 1. The highest BCUT2D eigenvalue weighted by Gasteiger charge is 2.51. The molecule has 0 aromatic carbocycles. The molecule has 3 N–H and O–H groups in total. The number of thiazole rings is 1. The number of rotatable bonds is 2. The Kier molecular flexibility index (Phi) is 3.32. The van der Waals surface area contributed by atoms with Gasteiger partial charge in [0.1, 0.15) is 4.88 Å². The Morgan fingerprint density at radius 3 is 3.00 bits per heavy atom. The lowest BCUT2D eigenvalue weighted by Crippen LogP contribution is -2.72. The van der Waals surface area contributed by atoms with E-state index in [9.17, 15) is 4.79 Å².